The van der Waals surface area contributed by atoms with E-state index in [1.165, 1.54) is 24.8 Å². The van der Waals surface area contributed by atoms with E-state index in [9.17, 15) is 5.11 Å². The highest BCUT2D eigenvalue weighted by molar-refractivity contribution is 5.29. The van der Waals surface area contributed by atoms with Crippen molar-refractivity contribution < 1.29 is 5.11 Å². The van der Waals surface area contributed by atoms with Crippen LogP contribution < -0.4 is 0 Å². The third kappa shape index (κ3) is 2.16. The van der Waals surface area contributed by atoms with Crippen molar-refractivity contribution in [2.24, 2.45) is 7.05 Å². The van der Waals surface area contributed by atoms with E-state index in [0.717, 1.165) is 18.7 Å². The standard InChI is InChI=1S/C17H22N2O/c1-19-13-12-18-16(19)15(20)17(10-6-3-7-11-17)14-8-4-2-5-9-14/h2,4-5,8-9,12-13,15,20H,3,6-7,10-11H2,1H3. The molecule has 1 aliphatic rings. The van der Waals surface area contributed by atoms with Crippen molar-refractivity contribution >= 4 is 0 Å². The van der Waals surface area contributed by atoms with Crippen LogP contribution in [0.15, 0.2) is 42.7 Å². The van der Waals surface area contributed by atoms with Crippen LogP contribution in [0.3, 0.4) is 0 Å². The first-order valence-corrected chi connectivity index (χ1v) is 7.45. The monoisotopic (exact) mass is 270 g/mol. The SMILES string of the molecule is Cn1ccnc1C(O)C1(c2ccccc2)CCCCC1. The summed E-state index contributed by atoms with van der Waals surface area (Å²) in [6.07, 6.45) is 8.82. The van der Waals surface area contributed by atoms with E-state index >= 15 is 0 Å². The molecule has 1 atom stereocenters. The molecule has 1 aromatic carbocycles. The van der Waals surface area contributed by atoms with Gasteiger partial charge in [-0.15, -0.1) is 0 Å². The molecule has 0 aliphatic heterocycles. The number of rotatable bonds is 3. The molecular formula is C17H22N2O. The molecule has 1 aromatic heterocycles. The van der Waals surface area contributed by atoms with Crippen LogP contribution in [0.4, 0.5) is 0 Å². The molecule has 0 spiro atoms. The molecule has 3 rings (SSSR count). The van der Waals surface area contributed by atoms with Crippen LogP contribution >= 0.6 is 0 Å². The Balaban J connectivity index is 2.04. The third-order valence-corrected chi connectivity index (χ3v) is 4.72. The molecule has 2 aromatic rings. The molecule has 0 radical (unpaired) electrons. The minimum absolute atomic E-state index is 0.182. The Morgan fingerprint density at radius 3 is 2.45 bits per heavy atom. The molecule has 0 saturated heterocycles. The van der Waals surface area contributed by atoms with Crippen molar-refractivity contribution in [2.75, 3.05) is 0 Å². The van der Waals surface area contributed by atoms with Gasteiger partial charge < -0.3 is 9.67 Å². The van der Waals surface area contributed by atoms with Crippen molar-refractivity contribution in [3.63, 3.8) is 0 Å². The van der Waals surface area contributed by atoms with E-state index in [1.54, 1.807) is 6.20 Å². The number of imidazole rings is 1. The van der Waals surface area contributed by atoms with Crippen LogP contribution in [0, 0.1) is 0 Å². The second-order valence-electron chi connectivity index (χ2n) is 5.88. The molecule has 0 bridgehead atoms. The topological polar surface area (TPSA) is 38.0 Å². The summed E-state index contributed by atoms with van der Waals surface area (Å²) < 4.78 is 1.93. The lowest BCUT2D eigenvalue weighted by molar-refractivity contribution is 0.0438. The summed E-state index contributed by atoms with van der Waals surface area (Å²) in [4.78, 5) is 4.37. The highest BCUT2D eigenvalue weighted by Gasteiger charge is 2.42. The lowest BCUT2D eigenvalue weighted by Crippen LogP contribution is -2.37. The normalized spacial score (nSPS) is 19.7. The Kier molecular flexibility index (Phi) is 3.62. The van der Waals surface area contributed by atoms with Gasteiger partial charge in [0.25, 0.3) is 0 Å². The average molecular weight is 270 g/mol. The van der Waals surface area contributed by atoms with E-state index in [-0.39, 0.29) is 5.41 Å². The number of aryl methyl sites for hydroxylation is 1. The highest BCUT2D eigenvalue weighted by Crippen LogP contribution is 2.47. The minimum atomic E-state index is -0.537. The van der Waals surface area contributed by atoms with E-state index in [4.69, 9.17) is 0 Å². The minimum Gasteiger partial charge on any atom is -0.384 e. The zero-order valence-electron chi connectivity index (χ0n) is 12.0. The number of hydrogen-bond acceptors (Lipinski definition) is 2. The second kappa shape index (κ2) is 5.41. The highest BCUT2D eigenvalue weighted by atomic mass is 16.3. The van der Waals surface area contributed by atoms with Gasteiger partial charge in [0.1, 0.15) is 11.9 Å². The zero-order chi connectivity index (χ0) is 14.0. The van der Waals surface area contributed by atoms with E-state index in [2.05, 4.69) is 29.2 Å². The van der Waals surface area contributed by atoms with Crippen LogP contribution in [0.2, 0.25) is 0 Å². The molecule has 1 fully saturated rings. The predicted molar refractivity (Wildman–Crippen MR) is 79.4 cm³/mol. The van der Waals surface area contributed by atoms with Crippen molar-refractivity contribution in [2.45, 2.75) is 43.6 Å². The van der Waals surface area contributed by atoms with Gasteiger partial charge in [-0.3, -0.25) is 0 Å². The first-order valence-electron chi connectivity index (χ1n) is 7.45. The molecule has 3 heteroatoms. The fraction of sp³-hybridized carbons (Fsp3) is 0.471. The van der Waals surface area contributed by atoms with Crippen molar-refractivity contribution in [3.8, 4) is 0 Å². The van der Waals surface area contributed by atoms with Gasteiger partial charge in [0.15, 0.2) is 0 Å². The molecular weight excluding hydrogens is 248 g/mol. The van der Waals surface area contributed by atoms with Crippen molar-refractivity contribution in [1.82, 2.24) is 9.55 Å². The van der Waals surface area contributed by atoms with E-state index < -0.39 is 6.10 Å². The van der Waals surface area contributed by atoms with Crippen LogP contribution in [0.5, 0.6) is 0 Å². The van der Waals surface area contributed by atoms with E-state index in [0.29, 0.717) is 0 Å². The Hall–Kier alpha value is -1.61. The predicted octanol–water partition coefficient (Wildman–Crippen LogP) is 3.36. The number of aromatic nitrogens is 2. The summed E-state index contributed by atoms with van der Waals surface area (Å²) in [5, 5.41) is 11.0. The fourth-order valence-corrected chi connectivity index (χ4v) is 3.56. The van der Waals surface area contributed by atoms with Crippen molar-refractivity contribution in [3.05, 3.63) is 54.1 Å². The van der Waals surface area contributed by atoms with Gasteiger partial charge in [-0.25, -0.2) is 4.98 Å². The quantitative estimate of drug-likeness (QED) is 0.928. The molecule has 20 heavy (non-hydrogen) atoms. The van der Waals surface area contributed by atoms with Gasteiger partial charge in [0, 0.05) is 24.9 Å². The summed E-state index contributed by atoms with van der Waals surface area (Å²) >= 11 is 0. The van der Waals surface area contributed by atoms with Crippen LogP contribution in [-0.2, 0) is 12.5 Å². The Labute approximate surface area is 120 Å². The van der Waals surface area contributed by atoms with Gasteiger partial charge in [0.05, 0.1) is 0 Å². The average Bonchev–Trinajstić information content (AvgIpc) is 2.94. The number of hydrogen-bond donors (Lipinski definition) is 1. The summed E-state index contributed by atoms with van der Waals surface area (Å²) in [6, 6.07) is 10.5. The summed E-state index contributed by atoms with van der Waals surface area (Å²) in [5.41, 5.74) is 1.06. The third-order valence-electron chi connectivity index (χ3n) is 4.72. The van der Waals surface area contributed by atoms with Gasteiger partial charge in [0.2, 0.25) is 0 Å². The van der Waals surface area contributed by atoms with E-state index in [1.807, 2.05) is 23.9 Å². The lowest BCUT2D eigenvalue weighted by atomic mass is 9.65. The number of aliphatic hydroxyl groups excluding tert-OH is 1. The molecule has 3 nitrogen and oxygen atoms in total. The Morgan fingerprint density at radius 2 is 1.85 bits per heavy atom. The van der Waals surface area contributed by atoms with Crippen LogP contribution in [-0.4, -0.2) is 14.7 Å². The largest absolute Gasteiger partial charge is 0.384 e. The molecule has 0 amide bonds. The molecule has 1 heterocycles. The second-order valence-corrected chi connectivity index (χ2v) is 5.88. The number of nitrogens with zero attached hydrogens (tertiary/aromatic N) is 2. The van der Waals surface area contributed by atoms with Gasteiger partial charge >= 0.3 is 0 Å². The smallest absolute Gasteiger partial charge is 0.138 e. The lowest BCUT2D eigenvalue weighted by Gasteiger charge is -2.41. The molecule has 106 valence electrons. The maximum Gasteiger partial charge on any atom is 0.138 e. The molecule has 1 unspecified atom stereocenters. The Morgan fingerprint density at radius 1 is 1.15 bits per heavy atom. The number of aliphatic hydroxyl groups is 1. The maximum absolute atomic E-state index is 11.0. The number of benzene rings is 1. The summed E-state index contributed by atoms with van der Waals surface area (Å²) in [7, 11) is 1.95. The zero-order valence-corrected chi connectivity index (χ0v) is 12.0. The van der Waals surface area contributed by atoms with Gasteiger partial charge in [-0.1, -0.05) is 49.6 Å². The van der Waals surface area contributed by atoms with Crippen LogP contribution in [0.1, 0.15) is 49.6 Å². The summed E-state index contributed by atoms with van der Waals surface area (Å²) in [5.74, 6) is 0.774. The molecule has 1 aliphatic carbocycles. The molecule has 1 N–H and O–H groups in total. The Bertz CT molecular complexity index is 555. The maximum atomic E-state index is 11.0. The summed E-state index contributed by atoms with van der Waals surface area (Å²) in [6.45, 7) is 0. The van der Waals surface area contributed by atoms with Gasteiger partial charge in [-0.2, -0.15) is 0 Å². The van der Waals surface area contributed by atoms with Gasteiger partial charge in [-0.05, 0) is 18.4 Å². The van der Waals surface area contributed by atoms with Crippen LogP contribution in [0.25, 0.3) is 0 Å². The fourth-order valence-electron chi connectivity index (χ4n) is 3.56. The first kappa shape index (κ1) is 13.4. The molecule has 1 saturated carbocycles. The van der Waals surface area contributed by atoms with Crippen molar-refractivity contribution in [1.29, 1.82) is 0 Å². The first-order chi connectivity index (χ1) is 9.74.